The van der Waals surface area contributed by atoms with Crippen molar-refractivity contribution >= 4 is 29.0 Å². The highest BCUT2D eigenvalue weighted by molar-refractivity contribution is 5.99. The van der Waals surface area contributed by atoms with Crippen LogP contribution in [0.5, 0.6) is 0 Å². The van der Waals surface area contributed by atoms with Crippen LogP contribution < -0.4 is 0 Å². The molecule has 0 radical (unpaired) electrons. The Bertz CT molecular complexity index is 1250. The molecule has 3 heteroatoms. The molecule has 0 aliphatic carbocycles. The monoisotopic (exact) mass is 397 g/mol. The quantitative estimate of drug-likeness (QED) is 0.344. The van der Waals surface area contributed by atoms with Gasteiger partial charge in [0.2, 0.25) is 0 Å². The highest BCUT2D eigenvalue weighted by Crippen LogP contribution is 2.28. The summed E-state index contributed by atoms with van der Waals surface area (Å²) in [5, 5.41) is 8.94. The van der Waals surface area contributed by atoms with Crippen molar-refractivity contribution in [2.75, 3.05) is 0 Å². The van der Waals surface area contributed by atoms with Crippen LogP contribution >= 0.6 is 0 Å². The highest BCUT2D eigenvalue weighted by atomic mass is 14.8. The Morgan fingerprint density at radius 2 is 1.19 bits per heavy atom. The van der Waals surface area contributed by atoms with Crippen molar-refractivity contribution in [2.45, 2.75) is 0 Å². The zero-order valence-electron chi connectivity index (χ0n) is 16.8. The number of hydrogen-bond acceptors (Lipinski definition) is 3. The lowest BCUT2D eigenvalue weighted by Crippen LogP contribution is -1.88. The van der Waals surface area contributed by atoms with Crippen LogP contribution in [0.15, 0.2) is 119 Å². The zero-order valence-corrected chi connectivity index (χ0v) is 16.8. The minimum Gasteiger partial charge on any atom is -0.254 e. The standard InChI is InChI=1S/C28H19N3/c29-19-22-15-17-23(18-16-22)20-30-27-13-7-8-14-28(27)31-21-26(24-9-3-1-4-10-24)25-11-5-2-6-12-25/h1-18,20H. The van der Waals surface area contributed by atoms with E-state index in [2.05, 4.69) is 46.2 Å². The summed E-state index contributed by atoms with van der Waals surface area (Å²) in [6.07, 6.45) is 1.77. The molecule has 4 aromatic rings. The van der Waals surface area contributed by atoms with Crippen molar-refractivity contribution in [1.82, 2.24) is 0 Å². The molecule has 0 aliphatic rings. The molecular weight excluding hydrogens is 378 g/mol. The van der Waals surface area contributed by atoms with Crippen molar-refractivity contribution in [2.24, 2.45) is 9.98 Å². The molecule has 3 nitrogen and oxygen atoms in total. The van der Waals surface area contributed by atoms with Gasteiger partial charge in [0.25, 0.3) is 0 Å². The fourth-order valence-corrected chi connectivity index (χ4v) is 3.08. The van der Waals surface area contributed by atoms with E-state index in [9.17, 15) is 0 Å². The Morgan fingerprint density at radius 3 is 1.77 bits per heavy atom. The van der Waals surface area contributed by atoms with Gasteiger partial charge in [0.1, 0.15) is 0 Å². The van der Waals surface area contributed by atoms with Crippen LogP contribution in [0.2, 0.25) is 0 Å². The minimum absolute atomic E-state index is 0.627. The Morgan fingerprint density at radius 1 is 0.645 bits per heavy atom. The third kappa shape index (κ3) is 5.10. The van der Waals surface area contributed by atoms with Crippen LogP contribution in [0, 0.1) is 11.3 Å². The summed E-state index contributed by atoms with van der Waals surface area (Å²) in [5.74, 6) is 3.25. The zero-order chi connectivity index (χ0) is 21.3. The first kappa shape index (κ1) is 19.8. The molecule has 31 heavy (non-hydrogen) atoms. The fourth-order valence-electron chi connectivity index (χ4n) is 3.08. The third-order valence-corrected chi connectivity index (χ3v) is 4.69. The summed E-state index contributed by atoms with van der Waals surface area (Å²) in [7, 11) is 0. The van der Waals surface area contributed by atoms with Crippen LogP contribution in [0.4, 0.5) is 11.4 Å². The molecular formula is C28H19N3. The van der Waals surface area contributed by atoms with Crippen LogP contribution in [0.1, 0.15) is 22.3 Å². The summed E-state index contributed by atoms with van der Waals surface area (Å²) in [6.45, 7) is 0. The van der Waals surface area contributed by atoms with E-state index in [1.165, 1.54) is 0 Å². The molecule has 0 saturated carbocycles. The van der Waals surface area contributed by atoms with Gasteiger partial charge in [-0.1, -0.05) is 84.9 Å². The summed E-state index contributed by atoms with van der Waals surface area (Å²) in [6, 6.07) is 37.4. The van der Waals surface area contributed by atoms with Gasteiger partial charge in [-0.2, -0.15) is 5.26 Å². The average molecular weight is 397 g/mol. The molecule has 146 valence electrons. The summed E-state index contributed by atoms with van der Waals surface area (Å²) >= 11 is 0. The third-order valence-electron chi connectivity index (χ3n) is 4.69. The number of benzene rings is 4. The van der Waals surface area contributed by atoms with Gasteiger partial charge < -0.3 is 0 Å². The van der Waals surface area contributed by atoms with Crippen molar-refractivity contribution in [1.29, 1.82) is 5.26 Å². The molecule has 0 aliphatic heterocycles. The average Bonchev–Trinajstić information content (AvgIpc) is 2.85. The number of aliphatic imine (C=N–C) groups is 2. The first-order chi connectivity index (χ1) is 15.3. The fraction of sp³-hybridized carbons (Fsp3) is 0. The van der Waals surface area contributed by atoms with E-state index in [1.807, 2.05) is 72.8 Å². The Labute approximate surface area is 182 Å². The summed E-state index contributed by atoms with van der Waals surface area (Å²) < 4.78 is 0. The number of para-hydroxylation sites is 2. The molecule has 0 spiro atoms. The van der Waals surface area contributed by atoms with Gasteiger partial charge in [0, 0.05) is 6.21 Å². The van der Waals surface area contributed by atoms with Crippen molar-refractivity contribution in [3.63, 3.8) is 0 Å². The molecule has 0 bridgehead atoms. The highest BCUT2D eigenvalue weighted by Gasteiger charge is 2.04. The SMILES string of the molecule is N#Cc1ccc(C=Nc2ccccc2N=C=C(c2ccccc2)c2ccccc2)cc1. The Balaban J connectivity index is 1.72. The summed E-state index contributed by atoms with van der Waals surface area (Å²) in [4.78, 5) is 9.26. The first-order valence-corrected chi connectivity index (χ1v) is 9.91. The van der Waals surface area contributed by atoms with Crippen molar-refractivity contribution < 1.29 is 0 Å². The first-order valence-electron chi connectivity index (χ1n) is 9.91. The molecule has 0 fully saturated rings. The molecule has 0 N–H and O–H groups in total. The maximum absolute atomic E-state index is 8.94. The predicted octanol–water partition coefficient (Wildman–Crippen LogP) is 6.74. The molecule has 0 saturated heterocycles. The molecule has 0 atom stereocenters. The molecule has 4 aromatic carbocycles. The van der Waals surface area contributed by atoms with Gasteiger partial charge in [0.15, 0.2) is 0 Å². The van der Waals surface area contributed by atoms with Gasteiger partial charge in [-0.05, 0) is 46.8 Å². The van der Waals surface area contributed by atoms with Crippen LogP contribution in [-0.2, 0) is 0 Å². The van der Waals surface area contributed by atoms with E-state index in [4.69, 9.17) is 5.26 Å². The van der Waals surface area contributed by atoms with Crippen molar-refractivity contribution in [3.8, 4) is 6.07 Å². The molecule has 0 heterocycles. The second-order valence-corrected chi connectivity index (χ2v) is 6.81. The lowest BCUT2D eigenvalue weighted by atomic mass is 9.99. The van der Waals surface area contributed by atoms with Gasteiger partial charge in [-0.25, -0.2) is 4.99 Å². The predicted molar refractivity (Wildman–Crippen MR) is 127 cm³/mol. The minimum atomic E-state index is 0.627. The topological polar surface area (TPSA) is 48.5 Å². The van der Waals surface area contributed by atoms with E-state index in [1.54, 1.807) is 18.3 Å². The number of nitrogens with zero attached hydrogens (tertiary/aromatic N) is 3. The lowest BCUT2D eigenvalue weighted by Gasteiger charge is -2.05. The second kappa shape index (κ2) is 9.80. The second-order valence-electron chi connectivity index (χ2n) is 6.81. The van der Waals surface area contributed by atoms with Gasteiger partial charge in [-0.15, -0.1) is 0 Å². The molecule has 0 aromatic heterocycles. The lowest BCUT2D eigenvalue weighted by molar-refractivity contribution is 1.45. The van der Waals surface area contributed by atoms with Gasteiger partial charge in [-0.3, -0.25) is 4.99 Å². The van der Waals surface area contributed by atoms with Crippen LogP contribution in [0.3, 0.4) is 0 Å². The maximum Gasteiger partial charge on any atom is 0.0991 e. The van der Waals surface area contributed by atoms with E-state index in [0.717, 1.165) is 33.6 Å². The largest absolute Gasteiger partial charge is 0.254 e. The van der Waals surface area contributed by atoms with E-state index in [0.29, 0.717) is 5.56 Å². The van der Waals surface area contributed by atoms with Crippen LogP contribution in [0.25, 0.3) is 5.57 Å². The molecule has 4 rings (SSSR count). The van der Waals surface area contributed by atoms with E-state index in [-0.39, 0.29) is 0 Å². The smallest absolute Gasteiger partial charge is 0.0991 e. The molecule has 0 amide bonds. The van der Waals surface area contributed by atoms with Crippen LogP contribution in [-0.4, -0.2) is 12.1 Å². The normalized spacial score (nSPS) is 10.3. The number of rotatable bonds is 5. The number of hydrogen-bond donors (Lipinski definition) is 0. The Kier molecular flexibility index (Phi) is 6.26. The molecule has 0 unspecified atom stereocenters. The summed E-state index contributed by atoms with van der Waals surface area (Å²) in [5.41, 5.74) is 6.06. The van der Waals surface area contributed by atoms with Crippen molar-refractivity contribution in [3.05, 3.63) is 131 Å². The maximum atomic E-state index is 8.94. The van der Waals surface area contributed by atoms with Gasteiger partial charge in [0.05, 0.1) is 28.6 Å². The van der Waals surface area contributed by atoms with E-state index >= 15 is 0 Å². The Hall–Kier alpha value is -4.51. The number of nitriles is 1. The van der Waals surface area contributed by atoms with E-state index < -0.39 is 0 Å². The van der Waals surface area contributed by atoms with Gasteiger partial charge >= 0.3 is 0 Å².